The molecule has 2 aromatic carbocycles. The van der Waals surface area contributed by atoms with Crippen LogP contribution < -0.4 is 10.2 Å². The van der Waals surface area contributed by atoms with Crippen molar-refractivity contribution >= 4 is 27.7 Å². The van der Waals surface area contributed by atoms with Crippen LogP contribution in [0.5, 0.6) is 0 Å². The predicted octanol–water partition coefficient (Wildman–Crippen LogP) is 2.85. The van der Waals surface area contributed by atoms with Gasteiger partial charge in [-0.2, -0.15) is 0 Å². The molecular formula is C27H27N3O6S. The molecule has 192 valence electrons. The molecule has 37 heavy (non-hydrogen) atoms. The molecular weight excluding hydrogens is 494 g/mol. The largest absolute Gasteiger partial charge is 0.480 e. The molecule has 1 aliphatic heterocycles. The first-order valence-electron chi connectivity index (χ1n) is 12.1. The van der Waals surface area contributed by atoms with Crippen molar-refractivity contribution in [3.05, 3.63) is 83.6 Å². The van der Waals surface area contributed by atoms with Crippen LogP contribution in [0.25, 0.3) is 11.1 Å². The van der Waals surface area contributed by atoms with Crippen LogP contribution >= 0.6 is 0 Å². The van der Waals surface area contributed by atoms with Crippen molar-refractivity contribution < 1.29 is 27.9 Å². The smallest absolute Gasteiger partial charge is 0.407 e. The molecule has 1 aromatic heterocycles. The highest BCUT2D eigenvalue weighted by Gasteiger charge is 2.30. The number of aromatic nitrogens is 1. The molecule has 1 saturated heterocycles. The minimum Gasteiger partial charge on any atom is -0.480 e. The molecule has 10 heteroatoms. The molecule has 5 rings (SSSR count). The number of nitrogens with one attached hydrogen (secondary N) is 1. The molecule has 0 spiro atoms. The third kappa shape index (κ3) is 5.43. The fourth-order valence-electron chi connectivity index (χ4n) is 4.88. The molecule has 1 aliphatic carbocycles. The molecule has 0 bridgehead atoms. The number of benzene rings is 2. The zero-order chi connectivity index (χ0) is 26.0. The summed E-state index contributed by atoms with van der Waals surface area (Å²) in [6.45, 7) is 0.833. The zero-order valence-corrected chi connectivity index (χ0v) is 20.9. The maximum absolute atomic E-state index is 12.6. The molecule has 1 amide bonds. The third-order valence-electron chi connectivity index (χ3n) is 6.85. The molecule has 3 aromatic rings. The van der Waals surface area contributed by atoms with E-state index in [1.165, 1.54) is 0 Å². The molecule has 2 aliphatic rings. The average molecular weight is 522 g/mol. The van der Waals surface area contributed by atoms with Gasteiger partial charge < -0.3 is 20.1 Å². The van der Waals surface area contributed by atoms with E-state index >= 15 is 0 Å². The maximum atomic E-state index is 12.6. The minimum absolute atomic E-state index is 0.0290. The van der Waals surface area contributed by atoms with Crippen LogP contribution in [-0.4, -0.2) is 67.8 Å². The van der Waals surface area contributed by atoms with Crippen LogP contribution in [0.1, 0.15) is 22.6 Å². The number of carboxylic acid groups (broad SMARTS) is 1. The van der Waals surface area contributed by atoms with Crippen LogP contribution in [-0.2, 0) is 25.8 Å². The van der Waals surface area contributed by atoms with Crippen LogP contribution in [0.4, 0.5) is 10.6 Å². The zero-order valence-electron chi connectivity index (χ0n) is 20.0. The van der Waals surface area contributed by atoms with Crippen molar-refractivity contribution in [3.63, 3.8) is 0 Å². The number of amides is 1. The Hall–Kier alpha value is -3.92. The number of hydrogen-bond donors (Lipinski definition) is 2. The van der Waals surface area contributed by atoms with Crippen molar-refractivity contribution in [1.29, 1.82) is 0 Å². The first-order chi connectivity index (χ1) is 17.8. The van der Waals surface area contributed by atoms with Gasteiger partial charge in [-0.3, -0.25) is 0 Å². The summed E-state index contributed by atoms with van der Waals surface area (Å²) in [4.78, 5) is 30.7. The maximum Gasteiger partial charge on any atom is 0.407 e. The minimum atomic E-state index is -3.00. The number of rotatable bonds is 7. The number of anilines is 1. The average Bonchev–Trinajstić information content (AvgIpc) is 3.21. The Kier molecular flexibility index (Phi) is 6.84. The van der Waals surface area contributed by atoms with Gasteiger partial charge in [0, 0.05) is 31.6 Å². The number of alkyl carbamates (subject to hydrolysis) is 1. The normalized spacial score (nSPS) is 16.9. The van der Waals surface area contributed by atoms with Crippen molar-refractivity contribution in [1.82, 2.24) is 10.3 Å². The number of sulfone groups is 1. The highest BCUT2D eigenvalue weighted by Crippen LogP contribution is 2.44. The molecule has 2 N–H and O–H groups in total. The van der Waals surface area contributed by atoms with Gasteiger partial charge in [-0.25, -0.2) is 23.0 Å². The summed E-state index contributed by atoms with van der Waals surface area (Å²) in [5.74, 6) is -0.500. The summed E-state index contributed by atoms with van der Waals surface area (Å²) >= 11 is 0. The van der Waals surface area contributed by atoms with E-state index in [2.05, 4.69) is 10.3 Å². The van der Waals surface area contributed by atoms with Gasteiger partial charge in [0.2, 0.25) is 0 Å². The second-order valence-electron chi connectivity index (χ2n) is 9.23. The number of ether oxygens (including phenoxy) is 1. The molecule has 0 unspecified atom stereocenters. The SMILES string of the molecule is O=C(N[C@@H](Cc1ccc(N2CCS(=O)(=O)CC2)nc1)C(=O)O)OCC1c2ccccc2-c2ccccc21. The van der Waals surface area contributed by atoms with Gasteiger partial charge in [0.1, 0.15) is 18.5 Å². The Morgan fingerprint density at radius 2 is 1.62 bits per heavy atom. The highest BCUT2D eigenvalue weighted by molar-refractivity contribution is 7.91. The van der Waals surface area contributed by atoms with Gasteiger partial charge in [-0.05, 0) is 33.9 Å². The number of fused-ring (bicyclic) bond motifs is 3. The predicted molar refractivity (Wildman–Crippen MR) is 138 cm³/mol. The Labute approximate surface area is 215 Å². The number of carbonyl (C=O) groups is 2. The van der Waals surface area contributed by atoms with Gasteiger partial charge in [-0.15, -0.1) is 0 Å². The Morgan fingerprint density at radius 3 is 2.19 bits per heavy atom. The van der Waals surface area contributed by atoms with E-state index in [1.54, 1.807) is 18.3 Å². The molecule has 0 radical (unpaired) electrons. The van der Waals surface area contributed by atoms with Crippen LogP contribution in [0.15, 0.2) is 66.9 Å². The van der Waals surface area contributed by atoms with E-state index in [9.17, 15) is 23.1 Å². The topological polar surface area (TPSA) is 126 Å². The van der Waals surface area contributed by atoms with Gasteiger partial charge in [0.15, 0.2) is 9.84 Å². The summed E-state index contributed by atoms with van der Waals surface area (Å²) in [7, 11) is -3.00. The van der Waals surface area contributed by atoms with Crippen molar-refractivity contribution in [2.24, 2.45) is 0 Å². The fourth-order valence-corrected chi connectivity index (χ4v) is 6.09. The summed E-state index contributed by atoms with van der Waals surface area (Å²) in [6.07, 6.45) is 0.781. The van der Waals surface area contributed by atoms with E-state index in [1.807, 2.05) is 53.4 Å². The molecule has 1 fully saturated rings. The number of hydrogen-bond acceptors (Lipinski definition) is 7. The van der Waals surface area contributed by atoms with Crippen LogP contribution in [0.3, 0.4) is 0 Å². The van der Waals surface area contributed by atoms with E-state index in [0.717, 1.165) is 22.3 Å². The number of carbonyl (C=O) groups excluding carboxylic acids is 1. The summed E-state index contributed by atoms with van der Waals surface area (Å²) in [5.41, 5.74) is 4.99. The first-order valence-corrected chi connectivity index (χ1v) is 13.9. The second-order valence-corrected chi connectivity index (χ2v) is 11.5. The lowest BCUT2D eigenvalue weighted by atomic mass is 9.98. The molecule has 0 saturated carbocycles. The molecule has 9 nitrogen and oxygen atoms in total. The standard InChI is InChI=1S/C27H27N3O6S/c31-26(32)24(15-18-9-10-25(28-16-18)30-11-13-37(34,35)14-12-30)29-27(33)36-17-23-21-7-3-1-5-19(21)20-6-2-4-8-22(20)23/h1-10,16,23-24H,11-15,17H2,(H,29,33)(H,31,32)/t24-/m0/s1. The summed E-state index contributed by atoms with van der Waals surface area (Å²) in [5, 5.41) is 12.1. The fraction of sp³-hybridized carbons (Fsp3) is 0.296. The number of aliphatic carboxylic acids is 1. The van der Waals surface area contributed by atoms with E-state index in [4.69, 9.17) is 4.74 Å². The monoisotopic (exact) mass is 521 g/mol. The lowest BCUT2D eigenvalue weighted by Gasteiger charge is -2.27. The van der Waals surface area contributed by atoms with Gasteiger partial charge in [-0.1, -0.05) is 54.6 Å². The van der Waals surface area contributed by atoms with E-state index < -0.39 is 27.9 Å². The number of carboxylic acids is 1. The molecule has 2 heterocycles. The van der Waals surface area contributed by atoms with Crippen molar-refractivity contribution in [2.45, 2.75) is 18.4 Å². The van der Waals surface area contributed by atoms with Gasteiger partial charge in [0.25, 0.3) is 0 Å². The van der Waals surface area contributed by atoms with Crippen molar-refractivity contribution in [2.75, 3.05) is 36.1 Å². The van der Waals surface area contributed by atoms with Gasteiger partial charge in [0.05, 0.1) is 11.5 Å². The first kappa shape index (κ1) is 24.8. The van der Waals surface area contributed by atoms with E-state index in [0.29, 0.717) is 24.5 Å². The van der Waals surface area contributed by atoms with Crippen LogP contribution in [0.2, 0.25) is 0 Å². The Balaban J connectivity index is 1.19. The van der Waals surface area contributed by atoms with Crippen molar-refractivity contribution in [3.8, 4) is 11.1 Å². The number of pyridine rings is 1. The van der Waals surface area contributed by atoms with Crippen LogP contribution in [0, 0.1) is 0 Å². The third-order valence-corrected chi connectivity index (χ3v) is 8.46. The van der Waals surface area contributed by atoms with Gasteiger partial charge >= 0.3 is 12.1 Å². The Morgan fingerprint density at radius 1 is 1.00 bits per heavy atom. The number of nitrogens with zero attached hydrogens (tertiary/aromatic N) is 2. The summed E-state index contributed by atoms with van der Waals surface area (Å²) in [6, 6.07) is 18.2. The molecule has 1 atom stereocenters. The van der Waals surface area contributed by atoms with E-state index in [-0.39, 0.29) is 30.5 Å². The quantitative estimate of drug-likeness (QED) is 0.486. The Bertz CT molecular complexity index is 1360. The second kappa shape index (κ2) is 10.2. The lowest BCUT2D eigenvalue weighted by Crippen LogP contribution is -2.43. The highest BCUT2D eigenvalue weighted by atomic mass is 32.2. The summed E-state index contributed by atoms with van der Waals surface area (Å²) < 4.78 is 28.8. The lowest BCUT2D eigenvalue weighted by molar-refractivity contribution is -0.139.